The molecule has 5 heteroatoms. The number of carbonyl (C=O) groups is 1. The van der Waals surface area contributed by atoms with E-state index in [0.717, 1.165) is 22.4 Å². The monoisotopic (exact) mass is 287 g/mol. The molecule has 0 fully saturated rings. The molecule has 0 saturated heterocycles. The Balaban J connectivity index is 2.75. The van der Waals surface area contributed by atoms with E-state index in [-0.39, 0.29) is 13.0 Å². The number of halogens is 3. The molecule has 0 unspecified atom stereocenters. The highest BCUT2D eigenvalue weighted by Crippen LogP contribution is 2.18. The highest BCUT2D eigenvalue weighted by molar-refractivity contribution is 5.79. The molecule has 0 atom stereocenters. The molecule has 1 amide bonds. The Bertz CT molecular complexity index is 443. The van der Waals surface area contributed by atoms with Crippen LogP contribution in [0, 0.1) is 6.92 Å². The van der Waals surface area contributed by atoms with Gasteiger partial charge < -0.3 is 4.90 Å². The smallest absolute Gasteiger partial charge is 0.333 e. The van der Waals surface area contributed by atoms with Gasteiger partial charge in [-0.3, -0.25) is 4.79 Å². The maximum Gasteiger partial charge on any atom is 0.406 e. The first kappa shape index (κ1) is 16.5. The van der Waals surface area contributed by atoms with Gasteiger partial charge in [0, 0.05) is 6.54 Å². The number of hydrogen-bond acceptors (Lipinski definition) is 1. The van der Waals surface area contributed by atoms with Crippen molar-refractivity contribution in [2.45, 2.75) is 39.3 Å². The van der Waals surface area contributed by atoms with Gasteiger partial charge in [-0.25, -0.2) is 0 Å². The second-order valence-electron chi connectivity index (χ2n) is 4.89. The Hall–Kier alpha value is -1.52. The normalized spacial score (nSPS) is 11.4. The van der Waals surface area contributed by atoms with Crippen molar-refractivity contribution in [1.29, 1.82) is 0 Å². The van der Waals surface area contributed by atoms with Gasteiger partial charge in [-0.1, -0.05) is 37.6 Å². The van der Waals surface area contributed by atoms with Gasteiger partial charge in [0.1, 0.15) is 6.54 Å². The van der Waals surface area contributed by atoms with Crippen LogP contribution in [0.1, 0.15) is 30.9 Å². The van der Waals surface area contributed by atoms with Crippen LogP contribution < -0.4 is 0 Å². The maximum atomic E-state index is 12.5. The molecule has 1 aromatic carbocycles. The molecule has 0 aromatic heterocycles. The van der Waals surface area contributed by atoms with Crippen molar-refractivity contribution in [3.8, 4) is 0 Å². The Morgan fingerprint density at radius 1 is 1.25 bits per heavy atom. The lowest BCUT2D eigenvalue weighted by Gasteiger charge is -2.24. The number of carbonyl (C=O) groups excluding carboxylic acids is 1. The third-order valence-electron chi connectivity index (χ3n) is 3.11. The van der Waals surface area contributed by atoms with E-state index in [1.807, 2.05) is 26.0 Å². The summed E-state index contributed by atoms with van der Waals surface area (Å²) in [6.45, 7) is 2.72. The van der Waals surface area contributed by atoms with Crippen molar-refractivity contribution in [2.75, 3.05) is 13.1 Å². The Kier molecular flexibility index (Phi) is 6.05. The minimum Gasteiger partial charge on any atom is -0.333 e. The van der Waals surface area contributed by atoms with E-state index in [4.69, 9.17) is 0 Å². The fourth-order valence-electron chi connectivity index (χ4n) is 1.94. The SMILES string of the molecule is CCCCN(CC(F)(F)F)C(=O)Cc1ccccc1C. The van der Waals surface area contributed by atoms with E-state index in [1.54, 1.807) is 12.1 Å². The first-order chi connectivity index (χ1) is 9.33. The van der Waals surface area contributed by atoms with Gasteiger partial charge in [-0.2, -0.15) is 13.2 Å². The van der Waals surface area contributed by atoms with E-state index in [0.29, 0.717) is 6.42 Å². The number of unbranched alkanes of at least 4 members (excludes halogenated alkanes) is 1. The van der Waals surface area contributed by atoms with E-state index < -0.39 is 18.6 Å². The Labute approximate surface area is 117 Å². The number of benzene rings is 1. The van der Waals surface area contributed by atoms with Gasteiger partial charge >= 0.3 is 6.18 Å². The molecule has 0 aliphatic heterocycles. The summed E-state index contributed by atoms with van der Waals surface area (Å²) in [6, 6.07) is 7.26. The van der Waals surface area contributed by atoms with Crippen LogP contribution in [0.5, 0.6) is 0 Å². The number of hydrogen-bond donors (Lipinski definition) is 0. The van der Waals surface area contributed by atoms with E-state index in [9.17, 15) is 18.0 Å². The van der Waals surface area contributed by atoms with Crippen LogP contribution in [0.2, 0.25) is 0 Å². The molecule has 0 heterocycles. The molecule has 0 spiro atoms. The van der Waals surface area contributed by atoms with Gasteiger partial charge in [-0.05, 0) is 24.5 Å². The molecule has 1 rings (SSSR count). The molecular weight excluding hydrogens is 267 g/mol. The lowest BCUT2D eigenvalue weighted by Crippen LogP contribution is -2.40. The fourth-order valence-corrected chi connectivity index (χ4v) is 1.94. The summed E-state index contributed by atoms with van der Waals surface area (Å²) in [5, 5.41) is 0. The quantitative estimate of drug-likeness (QED) is 0.780. The largest absolute Gasteiger partial charge is 0.406 e. The van der Waals surface area contributed by atoms with Crippen LogP contribution in [0.4, 0.5) is 13.2 Å². The van der Waals surface area contributed by atoms with Crippen molar-refractivity contribution < 1.29 is 18.0 Å². The fraction of sp³-hybridized carbons (Fsp3) is 0.533. The van der Waals surface area contributed by atoms with Crippen molar-refractivity contribution in [2.24, 2.45) is 0 Å². The lowest BCUT2D eigenvalue weighted by atomic mass is 10.1. The number of amides is 1. The van der Waals surface area contributed by atoms with E-state index in [1.165, 1.54) is 0 Å². The average Bonchev–Trinajstić information content (AvgIpc) is 2.36. The zero-order valence-corrected chi connectivity index (χ0v) is 11.8. The van der Waals surface area contributed by atoms with Gasteiger partial charge in [0.15, 0.2) is 0 Å². The summed E-state index contributed by atoms with van der Waals surface area (Å²) in [4.78, 5) is 13.0. The van der Waals surface area contributed by atoms with Crippen LogP contribution in [-0.2, 0) is 11.2 Å². The van der Waals surface area contributed by atoms with Crippen molar-refractivity contribution >= 4 is 5.91 Å². The van der Waals surface area contributed by atoms with Crippen LogP contribution in [0.3, 0.4) is 0 Å². The maximum absolute atomic E-state index is 12.5. The average molecular weight is 287 g/mol. The highest BCUT2D eigenvalue weighted by Gasteiger charge is 2.32. The molecular formula is C15H20F3NO. The van der Waals surface area contributed by atoms with Crippen LogP contribution in [0.15, 0.2) is 24.3 Å². The third-order valence-corrected chi connectivity index (χ3v) is 3.11. The molecule has 0 aliphatic rings. The zero-order chi connectivity index (χ0) is 15.2. The Morgan fingerprint density at radius 2 is 1.90 bits per heavy atom. The molecule has 0 bridgehead atoms. The summed E-state index contributed by atoms with van der Waals surface area (Å²) in [6.07, 6.45) is -3.00. The first-order valence-electron chi connectivity index (χ1n) is 6.72. The second-order valence-corrected chi connectivity index (χ2v) is 4.89. The van der Waals surface area contributed by atoms with Crippen molar-refractivity contribution in [1.82, 2.24) is 4.90 Å². The van der Waals surface area contributed by atoms with Gasteiger partial charge in [0.2, 0.25) is 5.91 Å². The summed E-state index contributed by atoms with van der Waals surface area (Å²) in [5.41, 5.74) is 1.70. The molecule has 0 saturated carbocycles. The number of aryl methyl sites for hydroxylation is 1. The standard InChI is InChI=1S/C15H20F3NO/c1-3-4-9-19(11-15(16,17)18)14(20)10-13-8-6-5-7-12(13)2/h5-8H,3-4,9-11H2,1-2H3. The van der Waals surface area contributed by atoms with Gasteiger partial charge in [0.25, 0.3) is 0 Å². The summed E-state index contributed by atoms with van der Waals surface area (Å²) in [5.74, 6) is -0.468. The van der Waals surface area contributed by atoms with Crippen LogP contribution >= 0.6 is 0 Å². The van der Waals surface area contributed by atoms with E-state index >= 15 is 0 Å². The molecule has 2 nitrogen and oxygen atoms in total. The minimum absolute atomic E-state index is 0.0203. The van der Waals surface area contributed by atoms with Crippen LogP contribution in [-0.4, -0.2) is 30.1 Å². The summed E-state index contributed by atoms with van der Waals surface area (Å²) >= 11 is 0. The number of nitrogens with zero attached hydrogens (tertiary/aromatic N) is 1. The van der Waals surface area contributed by atoms with Gasteiger partial charge in [-0.15, -0.1) is 0 Å². The van der Waals surface area contributed by atoms with Crippen molar-refractivity contribution in [3.63, 3.8) is 0 Å². The summed E-state index contributed by atoms with van der Waals surface area (Å²) < 4.78 is 37.6. The molecule has 112 valence electrons. The van der Waals surface area contributed by atoms with E-state index in [2.05, 4.69) is 0 Å². The molecule has 0 N–H and O–H groups in total. The summed E-state index contributed by atoms with van der Waals surface area (Å²) in [7, 11) is 0. The highest BCUT2D eigenvalue weighted by atomic mass is 19.4. The Morgan fingerprint density at radius 3 is 2.45 bits per heavy atom. The molecule has 1 aromatic rings. The minimum atomic E-state index is -4.35. The van der Waals surface area contributed by atoms with Crippen LogP contribution in [0.25, 0.3) is 0 Å². The predicted octanol–water partition coefficient (Wildman–Crippen LogP) is 3.73. The molecule has 0 radical (unpaired) electrons. The number of alkyl halides is 3. The second kappa shape index (κ2) is 7.31. The lowest BCUT2D eigenvalue weighted by molar-refractivity contribution is -0.160. The zero-order valence-electron chi connectivity index (χ0n) is 11.8. The third kappa shape index (κ3) is 5.63. The first-order valence-corrected chi connectivity index (χ1v) is 6.72. The molecule has 20 heavy (non-hydrogen) atoms. The molecule has 0 aliphatic carbocycles. The predicted molar refractivity (Wildman–Crippen MR) is 72.4 cm³/mol. The topological polar surface area (TPSA) is 20.3 Å². The number of rotatable bonds is 6. The van der Waals surface area contributed by atoms with Crippen molar-refractivity contribution in [3.05, 3.63) is 35.4 Å². The van der Waals surface area contributed by atoms with Gasteiger partial charge in [0.05, 0.1) is 6.42 Å².